The molecule has 0 unspecified atom stereocenters. The van der Waals surface area contributed by atoms with Gasteiger partial charge in [-0.2, -0.15) is 0 Å². The highest BCUT2D eigenvalue weighted by molar-refractivity contribution is 4.87. The SMILES string of the molecule is COCCNCC1(CCOC)CCC(O)CC1. The van der Waals surface area contributed by atoms with Crippen LogP contribution in [0.25, 0.3) is 0 Å². The molecule has 1 fully saturated rings. The fourth-order valence-electron chi connectivity index (χ4n) is 2.58. The van der Waals surface area contributed by atoms with Crippen molar-refractivity contribution in [3.63, 3.8) is 0 Å². The Balaban J connectivity index is 2.36. The molecule has 1 aliphatic carbocycles. The van der Waals surface area contributed by atoms with Crippen LogP contribution >= 0.6 is 0 Å². The Morgan fingerprint density at radius 1 is 1.18 bits per heavy atom. The number of aliphatic hydroxyl groups excluding tert-OH is 1. The molecule has 0 radical (unpaired) electrons. The Hall–Kier alpha value is -0.160. The Labute approximate surface area is 105 Å². The Morgan fingerprint density at radius 2 is 1.82 bits per heavy atom. The second kappa shape index (κ2) is 8.03. The van der Waals surface area contributed by atoms with E-state index in [-0.39, 0.29) is 6.10 Å². The summed E-state index contributed by atoms with van der Waals surface area (Å²) in [5, 5.41) is 13.1. The Morgan fingerprint density at radius 3 is 2.41 bits per heavy atom. The van der Waals surface area contributed by atoms with Gasteiger partial charge in [-0.15, -0.1) is 0 Å². The molecular weight excluding hydrogens is 218 g/mol. The molecule has 1 aliphatic rings. The molecule has 0 aromatic rings. The van der Waals surface area contributed by atoms with Crippen molar-refractivity contribution in [3.8, 4) is 0 Å². The third-order valence-electron chi connectivity index (χ3n) is 3.84. The molecular formula is C13H27NO3. The van der Waals surface area contributed by atoms with E-state index >= 15 is 0 Å². The molecule has 1 saturated carbocycles. The molecule has 0 heterocycles. The molecule has 102 valence electrons. The lowest BCUT2D eigenvalue weighted by atomic mass is 9.71. The molecule has 0 aromatic heterocycles. The van der Waals surface area contributed by atoms with Crippen molar-refractivity contribution in [2.45, 2.75) is 38.2 Å². The highest BCUT2D eigenvalue weighted by Gasteiger charge is 2.33. The largest absolute Gasteiger partial charge is 0.393 e. The van der Waals surface area contributed by atoms with Crippen molar-refractivity contribution in [3.05, 3.63) is 0 Å². The first-order valence-corrected chi connectivity index (χ1v) is 6.59. The molecule has 0 spiro atoms. The molecule has 1 rings (SSSR count). The van der Waals surface area contributed by atoms with Crippen molar-refractivity contribution in [1.29, 1.82) is 0 Å². The van der Waals surface area contributed by atoms with Gasteiger partial charge in [-0.25, -0.2) is 0 Å². The van der Waals surface area contributed by atoms with E-state index in [1.54, 1.807) is 14.2 Å². The average Bonchev–Trinajstić information content (AvgIpc) is 2.36. The lowest BCUT2D eigenvalue weighted by Crippen LogP contribution is -2.40. The van der Waals surface area contributed by atoms with Gasteiger partial charge in [0, 0.05) is 33.9 Å². The molecule has 0 aliphatic heterocycles. The second-order valence-electron chi connectivity index (χ2n) is 5.14. The van der Waals surface area contributed by atoms with Gasteiger partial charge in [0.25, 0.3) is 0 Å². The maximum atomic E-state index is 9.60. The highest BCUT2D eigenvalue weighted by atomic mass is 16.5. The summed E-state index contributed by atoms with van der Waals surface area (Å²) in [4.78, 5) is 0. The lowest BCUT2D eigenvalue weighted by molar-refractivity contribution is 0.0388. The van der Waals surface area contributed by atoms with Crippen molar-refractivity contribution >= 4 is 0 Å². The minimum absolute atomic E-state index is 0.0929. The molecule has 0 amide bonds. The quantitative estimate of drug-likeness (QED) is 0.631. The van der Waals surface area contributed by atoms with Crippen molar-refractivity contribution < 1.29 is 14.6 Å². The summed E-state index contributed by atoms with van der Waals surface area (Å²) in [6.07, 6.45) is 5.03. The van der Waals surface area contributed by atoms with Crippen LogP contribution in [0.15, 0.2) is 0 Å². The zero-order chi connectivity index (χ0) is 12.6. The van der Waals surface area contributed by atoms with E-state index in [4.69, 9.17) is 9.47 Å². The van der Waals surface area contributed by atoms with Gasteiger partial charge in [0.15, 0.2) is 0 Å². The maximum absolute atomic E-state index is 9.60. The predicted molar refractivity (Wildman–Crippen MR) is 68.1 cm³/mol. The van der Waals surface area contributed by atoms with Crippen molar-refractivity contribution in [2.24, 2.45) is 5.41 Å². The highest BCUT2D eigenvalue weighted by Crippen LogP contribution is 2.38. The number of methoxy groups -OCH3 is 2. The van der Waals surface area contributed by atoms with Crippen LogP contribution in [0.1, 0.15) is 32.1 Å². The smallest absolute Gasteiger partial charge is 0.0587 e. The van der Waals surface area contributed by atoms with Gasteiger partial charge in [0.2, 0.25) is 0 Å². The zero-order valence-electron chi connectivity index (χ0n) is 11.2. The van der Waals surface area contributed by atoms with Crippen LogP contribution in [0.3, 0.4) is 0 Å². The topological polar surface area (TPSA) is 50.7 Å². The van der Waals surface area contributed by atoms with E-state index in [9.17, 15) is 5.11 Å². The summed E-state index contributed by atoms with van der Waals surface area (Å²) >= 11 is 0. The third kappa shape index (κ3) is 5.34. The monoisotopic (exact) mass is 245 g/mol. The zero-order valence-corrected chi connectivity index (χ0v) is 11.2. The van der Waals surface area contributed by atoms with E-state index in [2.05, 4.69) is 5.32 Å². The van der Waals surface area contributed by atoms with Gasteiger partial charge < -0.3 is 19.9 Å². The number of hydrogen-bond donors (Lipinski definition) is 2. The van der Waals surface area contributed by atoms with Gasteiger partial charge in [-0.05, 0) is 37.5 Å². The second-order valence-corrected chi connectivity index (χ2v) is 5.14. The van der Waals surface area contributed by atoms with Crippen LogP contribution in [0.5, 0.6) is 0 Å². The minimum Gasteiger partial charge on any atom is -0.393 e. The number of hydrogen-bond acceptors (Lipinski definition) is 4. The average molecular weight is 245 g/mol. The lowest BCUT2D eigenvalue weighted by Gasteiger charge is -2.39. The van der Waals surface area contributed by atoms with Crippen LogP contribution in [0.2, 0.25) is 0 Å². The summed E-state index contributed by atoms with van der Waals surface area (Å²) in [5.74, 6) is 0. The molecule has 0 atom stereocenters. The van der Waals surface area contributed by atoms with Crippen LogP contribution in [0, 0.1) is 5.41 Å². The van der Waals surface area contributed by atoms with E-state index in [0.717, 1.165) is 58.4 Å². The number of aliphatic hydroxyl groups is 1. The molecule has 2 N–H and O–H groups in total. The summed E-state index contributed by atoms with van der Waals surface area (Å²) in [6, 6.07) is 0. The minimum atomic E-state index is -0.0929. The number of nitrogens with one attached hydrogen (secondary N) is 1. The maximum Gasteiger partial charge on any atom is 0.0587 e. The van der Waals surface area contributed by atoms with Gasteiger partial charge in [-0.3, -0.25) is 0 Å². The van der Waals surface area contributed by atoms with Crippen LogP contribution in [-0.4, -0.2) is 51.7 Å². The van der Waals surface area contributed by atoms with Crippen molar-refractivity contribution in [2.75, 3.05) is 40.5 Å². The molecule has 0 saturated heterocycles. The first-order chi connectivity index (χ1) is 8.22. The van der Waals surface area contributed by atoms with E-state index in [0.29, 0.717) is 5.41 Å². The normalized spacial score (nSPS) is 29.5. The fourth-order valence-corrected chi connectivity index (χ4v) is 2.58. The molecule has 4 nitrogen and oxygen atoms in total. The standard InChI is InChI=1S/C13H27NO3/c1-16-9-7-13(11-14-8-10-17-2)5-3-12(15)4-6-13/h12,14-15H,3-11H2,1-2H3. The van der Waals surface area contributed by atoms with Gasteiger partial charge in [0.1, 0.15) is 0 Å². The summed E-state index contributed by atoms with van der Waals surface area (Å²) in [6.45, 7) is 3.46. The van der Waals surface area contributed by atoms with Crippen molar-refractivity contribution in [1.82, 2.24) is 5.32 Å². The van der Waals surface area contributed by atoms with Crippen LogP contribution in [-0.2, 0) is 9.47 Å². The molecule has 4 heteroatoms. The van der Waals surface area contributed by atoms with Crippen LogP contribution < -0.4 is 5.32 Å². The summed E-state index contributed by atoms with van der Waals surface area (Å²) in [5.41, 5.74) is 0.309. The Bertz CT molecular complexity index is 186. The number of ether oxygens (including phenoxy) is 2. The first-order valence-electron chi connectivity index (χ1n) is 6.59. The predicted octanol–water partition coefficient (Wildman–Crippen LogP) is 1.18. The van der Waals surface area contributed by atoms with E-state index in [1.807, 2.05) is 0 Å². The third-order valence-corrected chi connectivity index (χ3v) is 3.84. The molecule has 0 bridgehead atoms. The molecule has 17 heavy (non-hydrogen) atoms. The first kappa shape index (κ1) is 14.9. The van der Waals surface area contributed by atoms with E-state index in [1.165, 1.54) is 0 Å². The van der Waals surface area contributed by atoms with Gasteiger partial charge in [-0.1, -0.05) is 0 Å². The number of rotatable bonds is 8. The molecule has 0 aromatic carbocycles. The van der Waals surface area contributed by atoms with E-state index < -0.39 is 0 Å². The van der Waals surface area contributed by atoms with Gasteiger partial charge >= 0.3 is 0 Å². The Kier molecular flexibility index (Phi) is 7.04. The summed E-state index contributed by atoms with van der Waals surface area (Å²) in [7, 11) is 3.48. The summed E-state index contributed by atoms with van der Waals surface area (Å²) < 4.78 is 10.2. The van der Waals surface area contributed by atoms with Crippen LogP contribution in [0.4, 0.5) is 0 Å². The van der Waals surface area contributed by atoms with Gasteiger partial charge in [0.05, 0.1) is 12.7 Å². The fraction of sp³-hybridized carbons (Fsp3) is 1.00.